The van der Waals surface area contributed by atoms with Crippen LogP contribution in [0.2, 0.25) is 41.3 Å². The lowest BCUT2D eigenvalue weighted by Crippen LogP contribution is -2.51. The summed E-state index contributed by atoms with van der Waals surface area (Å²) in [4.78, 5) is 23.9. The first-order valence-corrected chi connectivity index (χ1v) is 28.9. The van der Waals surface area contributed by atoms with Gasteiger partial charge in [-0.3, -0.25) is 9.59 Å². The molecule has 1 amide bonds. The van der Waals surface area contributed by atoms with E-state index in [2.05, 4.69) is 77.9 Å². The van der Waals surface area contributed by atoms with Gasteiger partial charge in [0.1, 0.15) is 29.6 Å². The number of ether oxygens (including phenoxy) is 3. The molecule has 0 saturated heterocycles. The van der Waals surface area contributed by atoms with Crippen molar-refractivity contribution in [1.29, 1.82) is 0 Å². The first-order chi connectivity index (χ1) is 29.8. The summed E-state index contributed by atoms with van der Waals surface area (Å²) in [6.45, 7) is 36.8. The number of nitrogens with zero attached hydrogens (tertiary/aromatic N) is 4. The fraction of sp³-hybridized carbons (Fsp3) is 0.625. The van der Waals surface area contributed by atoms with Crippen LogP contribution in [0.4, 0.5) is 0 Å². The fourth-order valence-corrected chi connectivity index (χ4v) is 7.67. The second-order valence-corrected chi connectivity index (χ2v) is 31.5. The van der Waals surface area contributed by atoms with Crippen LogP contribution in [0.15, 0.2) is 64.6 Å². The minimum atomic E-state index is -1.70. The van der Waals surface area contributed by atoms with Crippen LogP contribution < -0.4 is 19.8 Å². The number of carbonyl (C=O) groups excluding carboxylic acids is 1. The van der Waals surface area contributed by atoms with Crippen LogP contribution in [0, 0.1) is 0 Å². The highest BCUT2D eigenvalue weighted by Crippen LogP contribution is 2.37. The van der Waals surface area contributed by atoms with Crippen LogP contribution in [-0.2, 0) is 32.4 Å². The molecule has 0 spiro atoms. The third kappa shape index (κ3) is 18.7. The van der Waals surface area contributed by atoms with Gasteiger partial charge in [-0.05, 0) is 113 Å². The summed E-state index contributed by atoms with van der Waals surface area (Å²) in [5.74, 6) is 1.56. The molecule has 65 heavy (non-hydrogen) atoms. The van der Waals surface area contributed by atoms with E-state index in [1.54, 1.807) is 0 Å². The van der Waals surface area contributed by atoms with Crippen LogP contribution in [0.3, 0.4) is 0 Å². The molecule has 17 heteroatoms. The normalized spacial score (nSPS) is 16.0. The number of hydrogen-bond acceptors (Lipinski definition) is 11. The molecule has 0 bridgehead atoms. The van der Waals surface area contributed by atoms with Gasteiger partial charge in [0.2, 0.25) is 0 Å². The van der Waals surface area contributed by atoms with Gasteiger partial charge in [-0.15, -0.1) is 11.6 Å². The monoisotopic (exact) mass is 980 g/mol. The Hall–Kier alpha value is -3.29. The molecule has 3 aromatic rings. The van der Waals surface area contributed by atoms with Gasteiger partial charge in [-0.25, -0.2) is 9.69 Å². The molecule has 2 unspecified atom stereocenters. The van der Waals surface area contributed by atoms with E-state index in [4.69, 9.17) is 51.4 Å². The molecule has 1 aliphatic heterocycles. The minimum Gasteiger partial charge on any atom is -0.494 e. The van der Waals surface area contributed by atoms with Crippen molar-refractivity contribution < 1.29 is 38.1 Å². The Balaban J connectivity index is 0.000000373. The second kappa shape index (κ2) is 24.7. The molecule has 2 heterocycles. The van der Waals surface area contributed by atoms with Crippen molar-refractivity contribution in [3.8, 4) is 17.2 Å². The van der Waals surface area contributed by atoms with Crippen molar-refractivity contribution in [2.45, 2.75) is 168 Å². The van der Waals surface area contributed by atoms with Crippen LogP contribution in [-0.4, -0.2) is 97.2 Å². The Labute approximate surface area is 401 Å². The number of aliphatic hydroxyl groups excluding tert-OH is 2. The molecule has 0 radical (unpaired) electrons. The number of carbonyl (C=O) groups is 1. The number of rotatable bonds is 16. The number of halogens is 2. The number of alkyl halides is 1. The average Bonchev–Trinajstić information content (AvgIpc) is 3.19. The number of benzene rings is 2. The first kappa shape index (κ1) is 57.8. The van der Waals surface area contributed by atoms with Gasteiger partial charge >= 0.3 is 0 Å². The highest BCUT2D eigenvalue weighted by molar-refractivity contribution is 6.74. The highest BCUT2D eigenvalue weighted by atomic mass is 35.5. The third-order valence-electron chi connectivity index (χ3n) is 11.3. The number of amides is 1. The summed E-state index contributed by atoms with van der Waals surface area (Å²) < 4.78 is 30.8. The zero-order valence-corrected chi connectivity index (χ0v) is 45.4. The number of aromatic nitrogens is 2. The maximum absolute atomic E-state index is 12.4. The lowest BCUT2D eigenvalue weighted by atomic mass is 10.1. The summed E-state index contributed by atoms with van der Waals surface area (Å²) in [6.07, 6.45) is 3.53. The van der Waals surface area contributed by atoms with E-state index < -0.39 is 39.2 Å². The van der Waals surface area contributed by atoms with Crippen molar-refractivity contribution in [2.24, 2.45) is 5.10 Å². The molecule has 0 saturated carbocycles. The molecule has 2 atom stereocenters. The van der Waals surface area contributed by atoms with Gasteiger partial charge in [0, 0.05) is 26.1 Å². The maximum Gasteiger partial charge on any atom is 0.289 e. The van der Waals surface area contributed by atoms with Crippen molar-refractivity contribution in [3.63, 3.8) is 0 Å². The van der Waals surface area contributed by atoms with Crippen molar-refractivity contribution in [1.82, 2.24) is 14.8 Å². The van der Waals surface area contributed by atoms with E-state index in [-0.39, 0.29) is 45.5 Å². The van der Waals surface area contributed by atoms with Crippen LogP contribution >= 0.6 is 23.2 Å². The van der Waals surface area contributed by atoms with E-state index in [9.17, 15) is 14.7 Å². The Bertz CT molecular complexity index is 2000. The van der Waals surface area contributed by atoms with Crippen LogP contribution in [0.5, 0.6) is 17.2 Å². The summed E-state index contributed by atoms with van der Waals surface area (Å²) in [6, 6.07) is 15.2. The number of hydrazone groups is 1. The van der Waals surface area contributed by atoms with Gasteiger partial charge in [0.05, 0.1) is 43.3 Å². The van der Waals surface area contributed by atoms with E-state index in [1.165, 1.54) is 22.1 Å². The van der Waals surface area contributed by atoms with Gasteiger partial charge in [-0.1, -0.05) is 77.4 Å². The zero-order valence-electron chi connectivity index (χ0n) is 41.9. The van der Waals surface area contributed by atoms with Crippen LogP contribution in [0.25, 0.3) is 0 Å². The largest absolute Gasteiger partial charge is 0.494 e. The third-order valence-corrected chi connectivity index (χ3v) is 21.2. The Morgan fingerprint density at radius 2 is 1.12 bits per heavy atom. The quantitative estimate of drug-likeness (QED) is 0.0805. The summed E-state index contributed by atoms with van der Waals surface area (Å²) in [5, 5.41) is 27.1. The van der Waals surface area contributed by atoms with Gasteiger partial charge in [-0.2, -0.15) is 10.2 Å². The molecule has 2 aromatic carbocycles. The summed E-state index contributed by atoms with van der Waals surface area (Å²) >= 11 is 11.9. The van der Waals surface area contributed by atoms with Crippen molar-refractivity contribution in [2.75, 3.05) is 26.4 Å². The molecule has 4 rings (SSSR count). The van der Waals surface area contributed by atoms with Crippen molar-refractivity contribution >= 4 is 52.0 Å². The van der Waals surface area contributed by atoms with Gasteiger partial charge in [0.15, 0.2) is 27.4 Å². The van der Waals surface area contributed by atoms with E-state index in [1.807, 2.05) is 90.1 Å². The molecule has 1 aromatic heterocycles. The molecule has 13 nitrogen and oxygen atoms in total. The minimum absolute atomic E-state index is 0.0368. The predicted molar refractivity (Wildman–Crippen MR) is 269 cm³/mol. The van der Waals surface area contributed by atoms with Gasteiger partial charge in [0.25, 0.3) is 11.5 Å². The average molecular weight is 982 g/mol. The van der Waals surface area contributed by atoms with Crippen molar-refractivity contribution in [3.05, 3.63) is 81.2 Å². The second-order valence-electron chi connectivity index (χ2n) is 21.0. The molecule has 366 valence electrons. The standard InChI is InChI=1S/C24H37ClN2O4Si.C16H28O3Si.C8H13ClN2O2/c1-23(2,3)27-22(28)21(25)20(16-26-27)30-17-18-10-12-19(13-11-18)29-14-9-15-31-32(7,8)24(4,5)6;1-16(2,3)20(4,5)19-12-6-11-18-15-9-7-14(13-17)8-10-15;1-8(2,3)11-7(13)6(9)5(12)4-10-11/h10-13,16H,9,14-15,17H2,1-8H3;7-10,17H,6,11-13H2,1-5H3;4-6,12H,1-3H3. The molecular formula is C48H78Cl2N4O9Si2. The Morgan fingerprint density at radius 3 is 1.52 bits per heavy atom. The topological polar surface area (TPSA) is 154 Å². The van der Waals surface area contributed by atoms with Crippen LogP contribution in [0.1, 0.15) is 107 Å². The smallest absolute Gasteiger partial charge is 0.289 e. The number of aliphatic hydroxyl groups is 2. The van der Waals surface area contributed by atoms with E-state index >= 15 is 0 Å². The Kier molecular flexibility index (Phi) is 21.9. The first-order valence-electron chi connectivity index (χ1n) is 22.3. The Morgan fingerprint density at radius 1 is 0.677 bits per heavy atom. The lowest BCUT2D eigenvalue weighted by Gasteiger charge is -2.36. The fourth-order valence-electron chi connectivity index (χ4n) is 5.15. The molecule has 0 aliphatic carbocycles. The SMILES string of the molecule is CC(C)(C)N1N=CC(O)C(Cl)C1=O.CC(C)(C)[Si](C)(C)OCCCOc1ccc(CO)cc1.CC(C)(C)n1ncc(OCc2ccc(OCCCO[Si](C)(C)C(C)(C)C)cc2)c(Cl)c1=O. The molecule has 1 aliphatic rings. The van der Waals surface area contributed by atoms with E-state index in [0.717, 1.165) is 42.1 Å². The van der Waals surface area contributed by atoms with E-state index in [0.29, 0.717) is 19.8 Å². The zero-order chi connectivity index (χ0) is 49.6. The molecule has 0 fully saturated rings. The number of hydrogen-bond donors (Lipinski definition) is 2. The molecule has 2 N–H and O–H groups in total. The molecular weight excluding hydrogens is 904 g/mol. The predicted octanol–water partition coefficient (Wildman–Crippen LogP) is 10.6. The lowest BCUT2D eigenvalue weighted by molar-refractivity contribution is -0.137. The highest BCUT2D eigenvalue weighted by Gasteiger charge is 2.39. The summed E-state index contributed by atoms with van der Waals surface area (Å²) in [7, 11) is -3.33. The maximum atomic E-state index is 12.4. The summed E-state index contributed by atoms with van der Waals surface area (Å²) in [5.41, 5.74) is 0.624. The van der Waals surface area contributed by atoms with Gasteiger partial charge < -0.3 is 33.3 Å².